The molecule has 2 atom stereocenters. The van der Waals surface area contributed by atoms with Crippen LogP contribution >= 0.6 is 0 Å². The number of amides is 1. The summed E-state index contributed by atoms with van der Waals surface area (Å²) in [5.41, 5.74) is 2.99. The van der Waals surface area contributed by atoms with Gasteiger partial charge in [0.1, 0.15) is 0 Å². The van der Waals surface area contributed by atoms with Gasteiger partial charge in [-0.25, -0.2) is 0 Å². The lowest BCUT2D eigenvalue weighted by atomic mass is 9.86. The first-order chi connectivity index (χ1) is 11.7. The van der Waals surface area contributed by atoms with E-state index in [1.807, 2.05) is 4.90 Å². The van der Waals surface area contributed by atoms with Crippen LogP contribution in [0.15, 0.2) is 24.3 Å². The van der Waals surface area contributed by atoms with Crippen LogP contribution in [0.5, 0.6) is 0 Å². The van der Waals surface area contributed by atoms with Crippen molar-refractivity contribution in [3.05, 3.63) is 35.4 Å². The minimum atomic E-state index is -0.272. The number of nitrogens with zero attached hydrogens (tertiary/aromatic N) is 2. The Hall–Kier alpha value is -1.39. The molecule has 1 aromatic rings. The zero-order valence-electron chi connectivity index (χ0n) is 14.4. The highest BCUT2D eigenvalue weighted by molar-refractivity contribution is 5.79. The van der Waals surface area contributed by atoms with Crippen LogP contribution in [0.3, 0.4) is 0 Å². The first-order valence-corrected chi connectivity index (χ1v) is 9.48. The minimum Gasteiger partial charge on any atom is -0.393 e. The van der Waals surface area contributed by atoms with Gasteiger partial charge < -0.3 is 10.0 Å². The molecule has 4 rings (SSSR count). The fourth-order valence-electron chi connectivity index (χ4n) is 4.75. The number of piperazine rings is 1. The number of carbonyl (C=O) groups excluding carboxylic acids is 1. The maximum atomic E-state index is 12.7. The largest absolute Gasteiger partial charge is 0.393 e. The normalized spacial score (nSPS) is 28.8. The number of hydrogen-bond donors (Lipinski definition) is 1. The van der Waals surface area contributed by atoms with Crippen LogP contribution in [0.1, 0.15) is 36.8 Å². The van der Waals surface area contributed by atoms with Gasteiger partial charge >= 0.3 is 0 Å². The maximum absolute atomic E-state index is 12.7. The molecule has 1 saturated heterocycles. The van der Waals surface area contributed by atoms with Crippen LogP contribution in [0, 0.1) is 5.92 Å². The number of aliphatic hydroxyl groups is 1. The Morgan fingerprint density at radius 1 is 1.00 bits per heavy atom. The van der Waals surface area contributed by atoms with Gasteiger partial charge in [-0.1, -0.05) is 30.7 Å². The van der Waals surface area contributed by atoms with E-state index in [9.17, 15) is 9.90 Å². The number of benzene rings is 1. The first kappa shape index (κ1) is 16.1. The van der Waals surface area contributed by atoms with Crippen molar-refractivity contribution >= 4 is 5.91 Å². The standard InChI is InChI=1S/C20H28N2O2/c23-19-7-3-6-17(14-19)20(24)22-10-8-21(9-11-22)18-12-15-4-1-2-5-16(15)13-18/h1-2,4-5,17-19,23H,3,6-14H2/t17-,19+/m0/s1. The van der Waals surface area contributed by atoms with Gasteiger partial charge in [0, 0.05) is 38.1 Å². The second-order valence-corrected chi connectivity index (χ2v) is 7.71. The Morgan fingerprint density at radius 2 is 1.67 bits per heavy atom. The van der Waals surface area contributed by atoms with Gasteiger partial charge in [-0.3, -0.25) is 9.69 Å². The van der Waals surface area contributed by atoms with Crippen molar-refractivity contribution in [1.82, 2.24) is 9.80 Å². The molecular weight excluding hydrogens is 300 g/mol. The molecule has 0 radical (unpaired) electrons. The Kier molecular flexibility index (Phi) is 4.59. The number of hydrogen-bond acceptors (Lipinski definition) is 3. The molecule has 0 bridgehead atoms. The van der Waals surface area contributed by atoms with Gasteiger partial charge in [0.15, 0.2) is 0 Å². The number of carbonyl (C=O) groups is 1. The molecule has 0 aromatic heterocycles. The van der Waals surface area contributed by atoms with Crippen molar-refractivity contribution in [2.45, 2.75) is 50.7 Å². The molecule has 1 heterocycles. The first-order valence-electron chi connectivity index (χ1n) is 9.48. The summed E-state index contributed by atoms with van der Waals surface area (Å²) in [5, 5.41) is 9.82. The number of rotatable bonds is 2. The van der Waals surface area contributed by atoms with Crippen molar-refractivity contribution in [2.75, 3.05) is 26.2 Å². The molecule has 1 aliphatic heterocycles. The highest BCUT2D eigenvalue weighted by atomic mass is 16.3. The third kappa shape index (κ3) is 3.22. The van der Waals surface area contributed by atoms with Crippen LogP contribution in [0.25, 0.3) is 0 Å². The van der Waals surface area contributed by atoms with Crippen molar-refractivity contribution in [1.29, 1.82) is 0 Å². The van der Waals surface area contributed by atoms with E-state index in [-0.39, 0.29) is 17.9 Å². The van der Waals surface area contributed by atoms with E-state index in [2.05, 4.69) is 29.2 Å². The van der Waals surface area contributed by atoms with E-state index < -0.39 is 0 Å². The fraction of sp³-hybridized carbons (Fsp3) is 0.650. The summed E-state index contributed by atoms with van der Waals surface area (Å²) in [7, 11) is 0. The average Bonchev–Trinajstić information content (AvgIpc) is 3.05. The fourth-order valence-corrected chi connectivity index (χ4v) is 4.75. The lowest BCUT2D eigenvalue weighted by molar-refractivity contribution is -0.140. The van der Waals surface area contributed by atoms with Crippen molar-refractivity contribution in [3.8, 4) is 0 Å². The molecule has 2 aliphatic carbocycles. The molecule has 0 unspecified atom stereocenters. The monoisotopic (exact) mass is 328 g/mol. The smallest absolute Gasteiger partial charge is 0.225 e. The quantitative estimate of drug-likeness (QED) is 0.901. The SMILES string of the molecule is O=C([C@H]1CCC[C@@H](O)C1)N1CCN(C2Cc3ccccc3C2)CC1. The molecular formula is C20H28N2O2. The summed E-state index contributed by atoms with van der Waals surface area (Å²) in [5.74, 6) is 0.333. The van der Waals surface area contributed by atoms with Gasteiger partial charge in [0.25, 0.3) is 0 Å². The highest BCUT2D eigenvalue weighted by Gasteiger charge is 2.33. The molecule has 1 amide bonds. The molecule has 1 N–H and O–H groups in total. The zero-order valence-corrected chi connectivity index (χ0v) is 14.4. The summed E-state index contributed by atoms with van der Waals surface area (Å²) < 4.78 is 0. The van der Waals surface area contributed by atoms with Crippen molar-refractivity contribution in [3.63, 3.8) is 0 Å². The summed E-state index contributed by atoms with van der Waals surface area (Å²) in [6.45, 7) is 3.66. The lowest BCUT2D eigenvalue weighted by Crippen LogP contribution is -2.53. The van der Waals surface area contributed by atoms with E-state index >= 15 is 0 Å². The predicted octanol–water partition coefficient (Wildman–Crippen LogP) is 1.85. The molecule has 4 heteroatoms. The van der Waals surface area contributed by atoms with Crippen LogP contribution in [0.4, 0.5) is 0 Å². The van der Waals surface area contributed by atoms with Gasteiger partial charge in [0.05, 0.1) is 6.10 Å². The summed E-state index contributed by atoms with van der Waals surface area (Å²) >= 11 is 0. The Morgan fingerprint density at radius 3 is 2.29 bits per heavy atom. The molecule has 3 aliphatic rings. The topological polar surface area (TPSA) is 43.8 Å². The second kappa shape index (κ2) is 6.85. The molecule has 1 aromatic carbocycles. The molecule has 2 fully saturated rings. The molecule has 130 valence electrons. The Labute approximate surface area is 144 Å². The van der Waals surface area contributed by atoms with Crippen LogP contribution in [-0.2, 0) is 17.6 Å². The Bertz CT molecular complexity index is 570. The highest BCUT2D eigenvalue weighted by Crippen LogP contribution is 2.28. The number of fused-ring (bicyclic) bond motifs is 1. The van der Waals surface area contributed by atoms with E-state index in [1.165, 1.54) is 11.1 Å². The number of aliphatic hydroxyl groups excluding tert-OH is 1. The molecule has 4 nitrogen and oxygen atoms in total. The molecule has 1 saturated carbocycles. The van der Waals surface area contributed by atoms with Crippen molar-refractivity contribution < 1.29 is 9.90 Å². The second-order valence-electron chi connectivity index (χ2n) is 7.71. The van der Waals surface area contributed by atoms with Crippen LogP contribution < -0.4 is 0 Å². The molecule has 0 spiro atoms. The van der Waals surface area contributed by atoms with Crippen molar-refractivity contribution in [2.24, 2.45) is 5.92 Å². The Balaban J connectivity index is 1.30. The van der Waals surface area contributed by atoms with Gasteiger partial charge in [-0.2, -0.15) is 0 Å². The summed E-state index contributed by atoms with van der Waals surface area (Å²) in [4.78, 5) is 17.3. The van der Waals surface area contributed by atoms with E-state index in [1.54, 1.807) is 0 Å². The van der Waals surface area contributed by atoms with Gasteiger partial charge in [-0.15, -0.1) is 0 Å². The molecule has 24 heavy (non-hydrogen) atoms. The third-order valence-corrected chi connectivity index (χ3v) is 6.17. The maximum Gasteiger partial charge on any atom is 0.225 e. The van der Waals surface area contributed by atoms with E-state index in [0.29, 0.717) is 12.5 Å². The van der Waals surface area contributed by atoms with E-state index in [0.717, 1.165) is 58.3 Å². The predicted molar refractivity (Wildman–Crippen MR) is 93.8 cm³/mol. The van der Waals surface area contributed by atoms with Crippen LogP contribution in [0.2, 0.25) is 0 Å². The van der Waals surface area contributed by atoms with Crippen LogP contribution in [-0.4, -0.2) is 59.1 Å². The van der Waals surface area contributed by atoms with Gasteiger partial charge in [0.2, 0.25) is 5.91 Å². The van der Waals surface area contributed by atoms with E-state index in [4.69, 9.17) is 0 Å². The minimum absolute atomic E-state index is 0.0519. The third-order valence-electron chi connectivity index (χ3n) is 6.17. The zero-order chi connectivity index (χ0) is 16.5. The summed E-state index contributed by atoms with van der Waals surface area (Å²) in [6.07, 6.45) is 5.49. The average molecular weight is 328 g/mol. The summed E-state index contributed by atoms with van der Waals surface area (Å²) in [6, 6.07) is 9.39. The lowest BCUT2D eigenvalue weighted by Gasteiger charge is -2.40. The van der Waals surface area contributed by atoms with Gasteiger partial charge in [-0.05, 0) is 43.2 Å².